The van der Waals surface area contributed by atoms with Crippen LogP contribution in [0.3, 0.4) is 0 Å². The molecule has 3 rings (SSSR count). The number of amides is 1. The average Bonchev–Trinajstić information content (AvgIpc) is 3.47. The lowest BCUT2D eigenvalue weighted by molar-refractivity contribution is -0.122. The molecule has 4 nitrogen and oxygen atoms in total. The van der Waals surface area contributed by atoms with Gasteiger partial charge in [-0.2, -0.15) is 0 Å². The third-order valence-corrected chi connectivity index (χ3v) is 4.13. The molecule has 1 aromatic carbocycles. The van der Waals surface area contributed by atoms with Gasteiger partial charge in [-0.25, -0.2) is 4.98 Å². The highest BCUT2D eigenvalue weighted by Gasteiger charge is 2.30. The zero-order valence-corrected chi connectivity index (χ0v) is 14.6. The van der Waals surface area contributed by atoms with Crippen molar-refractivity contribution in [3.8, 4) is 17.7 Å². The molecule has 1 heterocycles. The quantitative estimate of drug-likeness (QED) is 0.856. The summed E-state index contributed by atoms with van der Waals surface area (Å²) < 4.78 is 5.03. The molecular weight excluding hydrogens is 312 g/mol. The zero-order chi connectivity index (χ0) is 17.6. The summed E-state index contributed by atoms with van der Waals surface area (Å²) in [7, 11) is 1.59. The molecule has 1 unspecified atom stereocenters. The van der Waals surface area contributed by atoms with Crippen molar-refractivity contribution in [1.82, 2.24) is 10.3 Å². The number of nitrogens with zero attached hydrogens (tertiary/aromatic N) is 1. The van der Waals surface area contributed by atoms with Crippen molar-refractivity contribution in [3.05, 3.63) is 59.3 Å². The topological polar surface area (TPSA) is 51.2 Å². The number of aromatic nitrogens is 1. The Balaban J connectivity index is 1.56. The van der Waals surface area contributed by atoms with E-state index in [-0.39, 0.29) is 17.9 Å². The van der Waals surface area contributed by atoms with Crippen LogP contribution in [-0.4, -0.2) is 24.0 Å². The second-order valence-electron chi connectivity index (χ2n) is 6.42. The zero-order valence-electron chi connectivity index (χ0n) is 14.6. The molecule has 1 aromatic heterocycles. The van der Waals surface area contributed by atoms with Crippen molar-refractivity contribution in [2.75, 3.05) is 7.11 Å². The maximum atomic E-state index is 11.8. The van der Waals surface area contributed by atoms with Gasteiger partial charge in [0.15, 0.2) is 0 Å². The van der Waals surface area contributed by atoms with Crippen LogP contribution in [0.2, 0.25) is 0 Å². The molecule has 0 radical (unpaired) electrons. The van der Waals surface area contributed by atoms with Crippen LogP contribution in [0, 0.1) is 17.8 Å². The van der Waals surface area contributed by atoms with Crippen LogP contribution in [0.5, 0.6) is 5.88 Å². The van der Waals surface area contributed by atoms with Gasteiger partial charge < -0.3 is 10.1 Å². The summed E-state index contributed by atoms with van der Waals surface area (Å²) in [6.07, 6.45) is 4.60. The van der Waals surface area contributed by atoms with Crippen molar-refractivity contribution in [1.29, 1.82) is 0 Å². The van der Waals surface area contributed by atoms with Gasteiger partial charge in [0.2, 0.25) is 11.8 Å². The Labute approximate surface area is 148 Å². The standard InChI is InChI=1S/C21H22N2O2/c1-15(23-21(24)19-10-11-19)13-17-6-3-16(4-7-17)5-8-18-9-12-20(25-2)22-14-18/h3-4,6-7,9,12,14-15,19H,10-11,13H2,1-2H3,(H,23,24). The summed E-state index contributed by atoms with van der Waals surface area (Å²) in [5.74, 6) is 7.26. The van der Waals surface area contributed by atoms with Crippen molar-refractivity contribution in [2.45, 2.75) is 32.2 Å². The minimum Gasteiger partial charge on any atom is -0.481 e. The average molecular weight is 334 g/mol. The molecule has 1 saturated carbocycles. The monoisotopic (exact) mass is 334 g/mol. The normalized spacial score (nSPS) is 14.2. The number of hydrogen-bond donors (Lipinski definition) is 1. The van der Waals surface area contributed by atoms with E-state index >= 15 is 0 Å². The molecule has 1 aliphatic carbocycles. The van der Waals surface area contributed by atoms with Gasteiger partial charge >= 0.3 is 0 Å². The summed E-state index contributed by atoms with van der Waals surface area (Å²) >= 11 is 0. The molecule has 0 aliphatic heterocycles. The fourth-order valence-corrected chi connectivity index (χ4v) is 2.55. The fraction of sp³-hybridized carbons (Fsp3) is 0.333. The van der Waals surface area contributed by atoms with E-state index in [9.17, 15) is 4.79 Å². The lowest BCUT2D eigenvalue weighted by Crippen LogP contribution is -2.35. The van der Waals surface area contributed by atoms with Gasteiger partial charge in [0, 0.05) is 35.3 Å². The van der Waals surface area contributed by atoms with Crippen LogP contribution in [0.15, 0.2) is 42.6 Å². The van der Waals surface area contributed by atoms with E-state index in [1.54, 1.807) is 19.4 Å². The van der Waals surface area contributed by atoms with Crippen molar-refractivity contribution in [2.24, 2.45) is 5.92 Å². The van der Waals surface area contributed by atoms with Gasteiger partial charge in [0.25, 0.3) is 0 Å². The second kappa shape index (κ2) is 7.85. The minimum atomic E-state index is 0.149. The number of carbonyl (C=O) groups excluding carboxylic acids is 1. The van der Waals surface area contributed by atoms with Gasteiger partial charge in [-0.05, 0) is 49.9 Å². The van der Waals surface area contributed by atoms with E-state index in [2.05, 4.69) is 34.3 Å². The Morgan fingerprint density at radius 1 is 1.20 bits per heavy atom. The highest BCUT2D eigenvalue weighted by Crippen LogP contribution is 2.28. The highest BCUT2D eigenvalue weighted by molar-refractivity contribution is 5.81. The molecule has 0 bridgehead atoms. The predicted molar refractivity (Wildman–Crippen MR) is 97.2 cm³/mol. The van der Waals surface area contributed by atoms with Crippen molar-refractivity contribution >= 4 is 5.91 Å². The Bertz CT molecular complexity index is 781. The molecule has 128 valence electrons. The van der Waals surface area contributed by atoms with Crippen LogP contribution in [0.1, 0.15) is 36.5 Å². The summed E-state index contributed by atoms with van der Waals surface area (Å²) in [6.45, 7) is 2.05. The number of benzene rings is 1. The molecule has 0 spiro atoms. The third-order valence-electron chi connectivity index (χ3n) is 4.13. The first-order valence-electron chi connectivity index (χ1n) is 8.55. The largest absolute Gasteiger partial charge is 0.481 e. The molecule has 1 amide bonds. The highest BCUT2D eigenvalue weighted by atomic mass is 16.5. The van der Waals surface area contributed by atoms with Crippen LogP contribution >= 0.6 is 0 Å². The maximum Gasteiger partial charge on any atom is 0.223 e. The van der Waals surface area contributed by atoms with Gasteiger partial charge in [0.1, 0.15) is 0 Å². The number of nitrogens with one attached hydrogen (secondary N) is 1. The third kappa shape index (κ3) is 5.09. The van der Waals surface area contributed by atoms with E-state index in [1.165, 1.54) is 5.56 Å². The number of hydrogen-bond acceptors (Lipinski definition) is 3. The molecule has 25 heavy (non-hydrogen) atoms. The van der Waals surface area contributed by atoms with Gasteiger partial charge in [-0.15, -0.1) is 0 Å². The predicted octanol–water partition coefficient (Wildman–Crippen LogP) is 2.95. The molecule has 2 aromatic rings. The van der Waals surface area contributed by atoms with Crippen molar-refractivity contribution in [3.63, 3.8) is 0 Å². The number of carbonyl (C=O) groups is 1. The van der Waals surface area contributed by atoms with Gasteiger partial charge in [-0.3, -0.25) is 4.79 Å². The molecule has 1 fully saturated rings. The molecule has 1 aliphatic rings. The summed E-state index contributed by atoms with van der Waals surface area (Å²) in [5.41, 5.74) is 3.00. The smallest absolute Gasteiger partial charge is 0.223 e. The summed E-state index contributed by atoms with van der Waals surface area (Å²) in [4.78, 5) is 15.9. The molecular formula is C21H22N2O2. The van der Waals surface area contributed by atoms with Crippen LogP contribution in [0.4, 0.5) is 0 Å². The number of ether oxygens (including phenoxy) is 1. The lowest BCUT2D eigenvalue weighted by Gasteiger charge is -2.13. The van der Waals surface area contributed by atoms with E-state index in [1.807, 2.05) is 25.1 Å². The SMILES string of the molecule is COc1ccc(C#Cc2ccc(CC(C)NC(=O)C3CC3)cc2)cn1. The first kappa shape index (κ1) is 17.0. The molecule has 1 N–H and O–H groups in total. The minimum absolute atomic E-state index is 0.149. The molecule has 0 saturated heterocycles. The van der Waals surface area contributed by atoms with Crippen LogP contribution < -0.4 is 10.1 Å². The van der Waals surface area contributed by atoms with Crippen molar-refractivity contribution < 1.29 is 9.53 Å². The Morgan fingerprint density at radius 3 is 2.48 bits per heavy atom. The first-order chi connectivity index (χ1) is 12.1. The second-order valence-corrected chi connectivity index (χ2v) is 6.42. The van der Waals surface area contributed by atoms with Gasteiger partial charge in [0.05, 0.1) is 7.11 Å². The molecule has 1 atom stereocenters. The number of methoxy groups -OCH3 is 1. The number of pyridine rings is 1. The summed E-state index contributed by atoms with van der Waals surface area (Å²) in [6, 6.07) is 12.0. The van der Waals surface area contributed by atoms with E-state index < -0.39 is 0 Å². The summed E-state index contributed by atoms with van der Waals surface area (Å²) in [5, 5.41) is 3.08. The van der Waals surface area contributed by atoms with Gasteiger partial charge in [-0.1, -0.05) is 24.0 Å². The van der Waals surface area contributed by atoms with E-state index in [4.69, 9.17) is 4.74 Å². The maximum absolute atomic E-state index is 11.8. The van der Waals surface area contributed by atoms with E-state index in [0.717, 1.165) is 30.4 Å². The fourth-order valence-electron chi connectivity index (χ4n) is 2.55. The van der Waals surface area contributed by atoms with E-state index in [0.29, 0.717) is 5.88 Å². The van der Waals surface area contributed by atoms with Crippen LogP contribution in [0.25, 0.3) is 0 Å². The van der Waals surface area contributed by atoms with Crippen LogP contribution in [-0.2, 0) is 11.2 Å². The Hall–Kier alpha value is -2.80. The number of rotatable bonds is 5. The first-order valence-corrected chi connectivity index (χ1v) is 8.55. The molecule has 4 heteroatoms. The Kier molecular flexibility index (Phi) is 5.35. The Morgan fingerprint density at radius 2 is 1.88 bits per heavy atom. The lowest BCUT2D eigenvalue weighted by atomic mass is 10.0.